The number of hydrogen-bond donors (Lipinski definition) is 1. The first-order chi connectivity index (χ1) is 13.2. The highest BCUT2D eigenvalue weighted by Crippen LogP contribution is 2.29. The zero-order chi connectivity index (χ0) is 20.7. The van der Waals surface area contributed by atoms with Crippen LogP contribution < -0.4 is 5.32 Å². The SMILES string of the molecule is COCOCC(C)c1cc2c(cc1CCNC(=O)OC(C)(C)C)CCC(=O)C2. The molecule has 0 spiro atoms. The lowest BCUT2D eigenvalue weighted by Gasteiger charge is -2.23. The number of aryl methyl sites for hydroxylation is 1. The van der Waals surface area contributed by atoms with Gasteiger partial charge < -0.3 is 19.5 Å². The number of fused-ring (bicyclic) bond motifs is 1. The largest absolute Gasteiger partial charge is 0.444 e. The van der Waals surface area contributed by atoms with Crippen LogP contribution in [0.25, 0.3) is 0 Å². The van der Waals surface area contributed by atoms with Crippen LogP contribution in [0.3, 0.4) is 0 Å². The predicted octanol–water partition coefficient (Wildman–Crippen LogP) is 3.54. The number of amides is 1. The maximum atomic E-state index is 11.9. The van der Waals surface area contributed by atoms with Crippen molar-refractivity contribution in [1.29, 1.82) is 0 Å². The van der Waals surface area contributed by atoms with Gasteiger partial charge in [0.2, 0.25) is 0 Å². The van der Waals surface area contributed by atoms with Crippen LogP contribution in [0.2, 0.25) is 0 Å². The topological polar surface area (TPSA) is 73.9 Å². The molecule has 6 heteroatoms. The van der Waals surface area contributed by atoms with Crippen LogP contribution in [-0.4, -0.2) is 44.5 Å². The van der Waals surface area contributed by atoms with Crippen LogP contribution >= 0.6 is 0 Å². The molecule has 0 saturated carbocycles. The average Bonchev–Trinajstić information content (AvgIpc) is 2.59. The van der Waals surface area contributed by atoms with Crippen LogP contribution in [0.5, 0.6) is 0 Å². The molecule has 1 aromatic rings. The van der Waals surface area contributed by atoms with Crippen molar-refractivity contribution in [3.05, 3.63) is 34.4 Å². The van der Waals surface area contributed by atoms with E-state index in [1.807, 2.05) is 20.8 Å². The van der Waals surface area contributed by atoms with Gasteiger partial charge in [-0.1, -0.05) is 19.1 Å². The molecule has 156 valence electrons. The molecule has 0 bridgehead atoms. The van der Waals surface area contributed by atoms with Crippen molar-refractivity contribution in [2.75, 3.05) is 27.1 Å². The number of benzene rings is 1. The molecular weight excluding hydrogens is 358 g/mol. The number of alkyl carbamates (subject to hydrolysis) is 1. The molecule has 1 unspecified atom stereocenters. The molecule has 6 nitrogen and oxygen atoms in total. The van der Waals surface area contributed by atoms with Crippen molar-refractivity contribution in [2.24, 2.45) is 0 Å². The molecule has 2 rings (SSSR count). The summed E-state index contributed by atoms with van der Waals surface area (Å²) in [5, 5.41) is 2.83. The molecule has 1 aliphatic carbocycles. The van der Waals surface area contributed by atoms with Crippen LogP contribution in [0.15, 0.2) is 12.1 Å². The van der Waals surface area contributed by atoms with Gasteiger partial charge in [-0.3, -0.25) is 4.79 Å². The summed E-state index contributed by atoms with van der Waals surface area (Å²) >= 11 is 0. The van der Waals surface area contributed by atoms with Gasteiger partial charge in [-0.15, -0.1) is 0 Å². The second-order valence-electron chi connectivity index (χ2n) is 8.39. The first kappa shape index (κ1) is 22.4. The van der Waals surface area contributed by atoms with Crippen molar-refractivity contribution in [3.8, 4) is 0 Å². The van der Waals surface area contributed by atoms with Gasteiger partial charge in [0.15, 0.2) is 0 Å². The Balaban J connectivity index is 2.11. The lowest BCUT2D eigenvalue weighted by molar-refractivity contribution is -0.118. The molecule has 1 amide bonds. The number of hydrogen-bond acceptors (Lipinski definition) is 5. The summed E-state index contributed by atoms with van der Waals surface area (Å²) in [6.07, 6.45) is 2.19. The fourth-order valence-electron chi connectivity index (χ4n) is 3.42. The van der Waals surface area contributed by atoms with Crippen molar-refractivity contribution in [2.45, 2.75) is 64.9 Å². The minimum Gasteiger partial charge on any atom is -0.444 e. The van der Waals surface area contributed by atoms with Crippen LogP contribution in [0, 0.1) is 0 Å². The molecule has 0 radical (unpaired) electrons. The first-order valence-electron chi connectivity index (χ1n) is 9.89. The van der Waals surface area contributed by atoms with Crippen LogP contribution in [-0.2, 0) is 38.3 Å². The van der Waals surface area contributed by atoms with Crippen molar-refractivity contribution < 1.29 is 23.8 Å². The smallest absolute Gasteiger partial charge is 0.407 e. The quantitative estimate of drug-likeness (QED) is 0.542. The van der Waals surface area contributed by atoms with Gasteiger partial charge in [-0.25, -0.2) is 4.79 Å². The molecule has 1 aromatic carbocycles. The Morgan fingerprint density at radius 1 is 1.21 bits per heavy atom. The first-order valence-corrected chi connectivity index (χ1v) is 9.89. The van der Waals surface area contributed by atoms with Gasteiger partial charge in [0.1, 0.15) is 18.2 Å². The number of rotatable bonds is 8. The van der Waals surface area contributed by atoms with Gasteiger partial charge in [0.05, 0.1) is 6.61 Å². The number of carbonyl (C=O) groups is 2. The van der Waals surface area contributed by atoms with E-state index in [0.717, 1.165) is 17.5 Å². The Hall–Kier alpha value is -1.92. The van der Waals surface area contributed by atoms with E-state index in [1.54, 1.807) is 7.11 Å². The second-order valence-corrected chi connectivity index (χ2v) is 8.39. The molecule has 28 heavy (non-hydrogen) atoms. The monoisotopic (exact) mass is 391 g/mol. The molecule has 0 heterocycles. The minimum atomic E-state index is -0.513. The average molecular weight is 392 g/mol. The fourth-order valence-corrected chi connectivity index (χ4v) is 3.42. The molecule has 1 atom stereocenters. The Morgan fingerprint density at radius 2 is 1.96 bits per heavy atom. The Labute approximate surface area is 167 Å². The summed E-state index contributed by atoms with van der Waals surface area (Å²) in [6, 6.07) is 4.34. The van der Waals surface area contributed by atoms with E-state index in [9.17, 15) is 9.59 Å². The zero-order valence-electron chi connectivity index (χ0n) is 17.7. The second kappa shape index (κ2) is 10.0. The number of methoxy groups -OCH3 is 1. The van der Waals surface area contributed by atoms with E-state index in [4.69, 9.17) is 14.2 Å². The Kier molecular flexibility index (Phi) is 8.01. The Bertz CT molecular complexity index is 693. The van der Waals surface area contributed by atoms with E-state index >= 15 is 0 Å². The fraction of sp³-hybridized carbons (Fsp3) is 0.636. The summed E-state index contributed by atoms with van der Waals surface area (Å²) in [7, 11) is 1.60. The maximum Gasteiger partial charge on any atom is 0.407 e. The van der Waals surface area contributed by atoms with E-state index in [2.05, 4.69) is 24.4 Å². The summed E-state index contributed by atoms with van der Waals surface area (Å²) in [6.45, 7) is 8.92. The standard InChI is InChI=1S/C22H33NO5/c1-15(13-27-14-26-5)20-12-18-11-19(24)7-6-16(18)10-17(20)8-9-23-21(25)28-22(2,3)4/h10,12,15H,6-9,11,13-14H2,1-5H3,(H,23,25). The molecule has 1 N–H and O–H groups in total. The molecule has 1 aliphatic rings. The Morgan fingerprint density at radius 3 is 2.64 bits per heavy atom. The third-order valence-electron chi connectivity index (χ3n) is 4.68. The lowest BCUT2D eigenvalue weighted by atomic mass is 9.84. The van der Waals surface area contributed by atoms with Gasteiger partial charge in [0, 0.05) is 32.4 Å². The van der Waals surface area contributed by atoms with E-state index in [1.165, 1.54) is 11.1 Å². The summed E-state index contributed by atoms with van der Waals surface area (Å²) in [5.74, 6) is 0.454. The third-order valence-corrected chi connectivity index (χ3v) is 4.68. The summed E-state index contributed by atoms with van der Waals surface area (Å²) in [4.78, 5) is 23.8. The van der Waals surface area contributed by atoms with Crippen molar-refractivity contribution in [3.63, 3.8) is 0 Å². The summed E-state index contributed by atoms with van der Waals surface area (Å²) in [5.41, 5.74) is 4.18. The van der Waals surface area contributed by atoms with Gasteiger partial charge >= 0.3 is 6.09 Å². The highest BCUT2D eigenvalue weighted by molar-refractivity contribution is 5.83. The minimum absolute atomic E-state index is 0.161. The number of Topliss-reactive ketones (excluding diaryl/α,β-unsaturated/α-hetero) is 1. The normalized spacial score (nSPS) is 15.1. The van der Waals surface area contributed by atoms with Gasteiger partial charge in [-0.05, 0) is 55.9 Å². The van der Waals surface area contributed by atoms with Crippen LogP contribution in [0.1, 0.15) is 62.3 Å². The number of nitrogens with one attached hydrogen (secondary N) is 1. The molecular formula is C22H33NO5. The summed E-state index contributed by atoms with van der Waals surface area (Å²) < 4.78 is 15.8. The van der Waals surface area contributed by atoms with Crippen molar-refractivity contribution >= 4 is 11.9 Å². The maximum absolute atomic E-state index is 11.9. The molecule has 0 fully saturated rings. The zero-order valence-corrected chi connectivity index (χ0v) is 17.7. The number of carbonyl (C=O) groups excluding carboxylic acids is 2. The van der Waals surface area contributed by atoms with E-state index in [-0.39, 0.29) is 12.7 Å². The van der Waals surface area contributed by atoms with Crippen molar-refractivity contribution in [1.82, 2.24) is 5.32 Å². The number of ether oxygens (including phenoxy) is 3. The van der Waals surface area contributed by atoms with E-state index < -0.39 is 11.7 Å². The number of ketones is 1. The van der Waals surface area contributed by atoms with E-state index in [0.29, 0.717) is 38.2 Å². The molecule has 0 aromatic heterocycles. The van der Waals surface area contributed by atoms with Gasteiger partial charge in [0.25, 0.3) is 0 Å². The lowest BCUT2D eigenvalue weighted by Crippen LogP contribution is -2.33. The third kappa shape index (κ3) is 6.91. The predicted molar refractivity (Wildman–Crippen MR) is 108 cm³/mol. The van der Waals surface area contributed by atoms with Crippen LogP contribution in [0.4, 0.5) is 4.79 Å². The highest BCUT2D eigenvalue weighted by atomic mass is 16.7. The highest BCUT2D eigenvalue weighted by Gasteiger charge is 2.21. The molecule has 0 aliphatic heterocycles. The van der Waals surface area contributed by atoms with Gasteiger partial charge in [-0.2, -0.15) is 0 Å². The molecule has 0 saturated heterocycles.